The van der Waals surface area contributed by atoms with E-state index in [1.165, 1.54) is 0 Å². The average Bonchev–Trinajstić information content (AvgIpc) is 3.34. The topological polar surface area (TPSA) is 51.9 Å². The first-order chi connectivity index (χ1) is 13.1. The maximum atomic E-state index is 13.0. The molecule has 4 rings (SSSR count). The van der Waals surface area contributed by atoms with Gasteiger partial charge < -0.3 is 9.88 Å². The first-order valence-corrected chi connectivity index (χ1v) is 8.85. The van der Waals surface area contributed by atoms with E-state index in [-0.39, 0.29) is 5.91 Å². The SMILES string of the molecule is Cc1ccc(Cl)cc1NC(=O)c1cnn(-c2ccccc2)c1-n1cccc1. The predicted molar refractivity (Wildman–Crippen MR) is 107 cm³/mol. The summed E-state index contributed by atoms with van der Waals surface area (Å²) < 4.78 is 3.62. The molecule has 1 N–H and O–H groups in total. The molecule has 0 saturated carbocycles. The third-order valence-electron chi connectivity index (χ3n) is 4.29. The van der Waals surface area contributed by atoms with Gasteiger partial charge in [0.15, 0.2) is 5.82 Å². The molecule has 0 aliphatic heterocycles. The van der Waals surface area contributed by atoms with Crippen molar-refractivity contribution in [1.82, 2.24) is 14.3 Å². The molecule has 0 atom stereocenters. The van der Waals surface area contributed by atoms with E-state index in [2.05, 4.69) is 10.4 Å². The van der Waals surface area contributed by atoms with Gasteiger partial charge in [-0.05, 0) is 48.9 Å². The molecule has 0 aliphatic rings. The minimum absolute atomic E-state index is 0.244. The van der Waals surface area contributed by atoms with Crippen molar-refractivity contribution in [2.75, 3.05) is 5.32 Å². The zero-order chi connectivity index (χ0) is 18.8. The predicted octanol–water partition coefficient (Wildman–Crippen LogP) is 4.88. The van der Waals surface area contributed by atoms with Gasteiger partial charge in [-0.3, -0.25) is 4.79 Å². The number of benzene rings is 2. The third-order valence-corrected chi connectivity index (χ3v) is 4.52. The molecule has 1 amide bonds. The van der Waals surface area contributed by atoms with E-state index in [9.17, 15) is 4.79 Å². The van der Waals surface area contributed by atoms with Crippen LogP contribution in [0.25, 0.3) is 11.5 Å². The smallest absolute Gasteiger partial charge is 0.261 e. The molecule has 2 aromatic heterocycles. The van der Waals surface area contributed by atoms with Crippen LogP contribution >= 0.6 is 11.6 Å². The Hall–Kier alpha value is -3.31. The van der Waals surface area contributed by atoms with Crippen LogP contribution < -0.4 is 5.32 Å². The largest absolute Gasteiger partial charge is 0.322 e. The molecular formula is C21H17ClN4O. The van der Waals surface area contributed by atoms with Gasteiger partial charge in [0.05, 0.1) is 11.9 Å². The Morgan fingerprint density at radius 1 is 1.04 bits per heavy atom. The van der Waals surface area contributed by atoms with Crippen LogP contribution in [0.1, 0.15) is 15.9 Å². The monoisotopic (exact) mass is 376 g/mol. The number of hydrogen-bond acceptors (Lipinski definition) is 2. The molecule has 0 saturated heterocycles. The summed E-state index contributed by atoms with van der Waals surface area (Å²) in [4.78, 5) is 13.0. The zero-order valence-corrected chi connectivity index (χ0v) is 15.4. The molecule has 2 aromatic carbocycles. The van der Waals surface area contributed by atoms with Crippen molar-refractivity contribution in [2.45, 2.75) is 6.92 Å². The van der Waals surface area contributed by atoms with Crippen LogP contribution in [-0.2, 0) is 0 Å². The Morgan fingerprint density at radius 2 is 1.78 bits per heavy atom. The van der Waals surface area contributed by atoms with E-state index >= 15 is 0 Å². The number of carbonyl (C=O) groups excluding carboxylic acids is 1. The number of anilines is 1. The van der Waals surface area contributed by atoms with Crippen LogP contribution in [-0.4, -0.2) is 20.3 Å². The maximum Gasteiger partial charge on any atom is 0.261 e. The van der Waals surface area contributed by atoms with Crippen molar-refractivity contribution in [3.8, 4) is 11.5 Å². The lowest BCUT2D eigenvalue weighted by Crippen LogP contribution is -2.16. The summed E-state index contributed by atoms with van der Waals surface area (Å²) in [6.07, 6.45) is 5.35. The molecule has 5 nitrogen and oxygen atoms in total. The van der Waals surface area contributed by atoms with Crippen molar-refractivity contribution in [3.63, 3.8) is 0 Å². The Balaban J connectivity index is 1.78. The van der Waals surface area contributed by atoms with E-state index in [0.717, 1.165) is 11.3 Å². The second-order valence-electron chi connectivity index (χ2n) is 6.13. The number of aryl methyl sites for hydroxylation is 1. The summed E-state index contributed by atoms with van der Waals surface area (Å²) in [7, 11) is 0. The van der Waals surface area contributed by atoms with Gasteiger partial charge in [-0.15, -0.1) is 0 Å². The summed E-state index contributed by atoms with van der Waals surface area (Å²) in [6, 6.07) is 18.9. The number of rotatable bonds is 4. The first-order valence-electron chi connectivity index (χ1n) is 8.48. The molecule has 6 heteroatoms. The van der Waals surface area contributed by atoms with Crippen LogP contribution in [0.15, 0.2) is 79.3 Å². The van der Waals surface area contributed by atoms with Crippen LogP contribution in [0.3, 0.4) is 0 Å². The fraction of sp³-hybridized carbons (Fsp3) is 0.0476. The fourth-order valence-corrected chi connectivity index (χ4v) is 3.08. The molecular weight excluding hydrogens is 360 g/mol. The van der Waals surface area contributed by atoms with Crippen LogP contribution in [0.5, 0.6) is 0 Å². The molecule has 0 unspecified atom stereocenters. The lowest BCUT2D eigenvalue weighted by molar-refractivity contribution is 0.102. The molecule has 4 aromatic rings. The second kappa shape index (κ2) is 7.13. The minimum atomic E-state index is -0.244. The summed E-state index contributed by atoms with van der Waals surface area (Å²) in [5.41, 5.74) is 2.96. The highest BCUT2D eigenvalue weighted by Crippen LogP contribution is 2.24. The fourth-order valence-electron chi connectivity index (χ4n) is 2.90. The van der Waals surface area contributed by atoms with Crippen molar-refractivity contribution in [3.05, 3.63) is 95.4 Å². The quantitative estimate of drug-likeness (QED) is 0.552. The molecule has 0 bridgehead atoms. The maximum absolute atomic E-state index is 13.0. The summed E-state index contributed by atoms with van der Waals surface area (Å²) in [6.45, 7) is 1.92. The number of hydrogen-bond donors (Lipinski definition) is 1. The highest BCUT2D eigenvalue weighted by Gasteiger charge is 2.20. The van der Waals surface area contributed by atoms with Gasteiger partial charge in [0.2, 0.25) is 0 Å². The van der Waals surface area contributed by atoms with Crippen molar-refractivity contribution in [1.29, 1.82) is 0 Å². The summed E-state index contributed by atoms with van der Waals surface area (Å²) in [5.74, 6) is 0.426. The average molecular weight is 377 g/mol. The number of nitrogens with one attached hydrogen (secondary N) is 1. The first kappa shape index (κ1) is 17.1. The molecule has 0 radical (unpaired) electrons. The van der Waals surface area contributed by atoms with Crippen LogP contribution in [0.2, 0.25) is 5.02 Å². The number of carbonyl (C=O) groups is 1. The van der Waals surface area contributed by atoms with Crippen molar-refractivity contribution >= 4 is 23.2 Å². The number of nitrogens with zero attached hydrogens (tertiary/aromatic N) is 3. The number of halogens is 1. The lowest BCUT2D eigenvalue weighted by Gasteiger charge is -2.12. The van der Waals surface area contributed by atoms with Gasteiger partial charge in [-0.25, -0.2) is 4.68 Å². The van der Waals surface area contributed by atoms with E-state index in [0.29, 0.717) is 22.1 Å². The van der Waals surface area contributed by atoms with Crippen LogP contribution in [0.4, 0.5) is 5.69 Å². The Labute approximate surface area is 161 Å². The second-order valence-corrected chi connectivity index (χ2v) is 6.57. The molecule has 0 fully saturated rings. The number of amides is 1. The van der Waals surface area contributed by atoms with Gasteiger partial charge in [0.25, 0.3) is 5.91 Å². The van der Waals surface area contributed by atoms with E-state index < -0.39 is 0 Å². The summed E-state index contributed by atoms with van der Waals surface area (Å²) >= 11 is 6.07. The molecule has 0 spiro atoms. The van der Waals surface area contributed by atoms with Gasteiger partial charge in [-0.2, -0.15) is 5.10 Å². The molecule has 27 heavy (non-hydrogen) atoms. The molecule has 2 heterocycles. The van der Waals surface area contributed by atoms with Crippen molar-refractivity contribution in [2.24, 2.45) is 0 Å². The van der Waals surface area contributed by atoms with Crippen LogP contribution in [0, 0.1) is 6.92 Å². The van der Waals surface area contributed by atoms with Gasteiger partial charge in [0, 0.05) is 23.1 Å². The standard InChI is InChI=1S/C21H17ClN4O/c1-15-9-10-16(22)13-19(15)24-20(27)18-14-23-26(17-7-3-2-4-8-17)21(18)25-11-5-6-12-25/h2-14H,1H3,(H,24,27). The van der Waals surface area contributed by atoms with Gasteiger partial charge in [0.1, 0.15) is 5.56 Å². The third kappa shape index (κ3) is 3.37. The lowest BCUT2D eigenvalue weighted by atomic mass is 10.2. The van der Waals surface area contributed by atoms with E-state index in [4.69, 9.17) is 11.6 Å². The highest BCUT2D eigenvalue weighted by molar-refractivity contribution is 6.31. The Bertz CT molecular complexity index is 1080. The number of para-hydroxylation sites is 1. The van der Waals surface area contributed by atoms with E-state index in [1.54, 1.807) is 23.0 Å². The van der Waals surface area contributed by atoms with Gasteiger partial charge >= 0.3 is 0 Å². The zero-order valence-electron chi connectivity index (χ0n) is 14.6. The molecule has 0 aliphatic carbocycles. The normalized spacial score (nSPS) is 10.7. The number of aromatic nitrogens is 3. The van der Waals surface area contributed by atoms with Gasteiger partial charge in [-0.1, -0.05) is 35.9 Å². The summed E-state index contributed by atoms with van der Waals surface area (Å²) in [5, 5.41) is 7.97. The molecule has 134 valence electrons. The van der Waals surface area contributed by atoms with E-state index in [1.807, 2.05) is 72.4 Å². The Morgan fingerprint density at radius 3 is 2.52 bits per heavy atom. The van der Waals surface area contributed by atoms with Crippen molar-refractivity contribution < 1.29 is 4.79 Å². The highest BCUT2D eigenvalue weighted by atomic mass is 35.5. The minimum Gasteiger partial charge on any atom is -0.322 e. The Kier molecular flexibility index (Phi) is 4.52.